The van der Waals surface area contributed by atoms with Crippen LogP contribution in [-0.2, 0) is 23.1 Å². The topological polar surface area (TPSA) is 87.5 Å². The van der Waals surface area contributed by atoms with Gasteiger partial charge in [0.15, 0.2) is 0 Å². The van der Waals surface area contributed by atoms with Crippen LogP contribution in [-0.4, -0.2) is 57.8 Å². The van der Waals surface area contributed by atoms with E-state index in [2.05, 4.69) is 10.4 Å². The molecule has 2 N–H and O–H groups in total. The van der Waals surface area contributed by atoms with Gasteiger partial charge in [-0.2, -0.15) is 5.10 Å². The predicted octanol–water partition coefficient (Wildman–Crippen LogP) is -0.125. The number of carbonyl (C=O) groups is 2. The average molecular weight is 294 g/mol. The lowest BCUT2D eigenvalue weighted by Gasteiger charge is -2.30. The molecule has 0 aromatic carbocycles. The number of nitrogens with zero attached hydrogens (tertiary/aromatic N) is 3. The van der Waals surface area contributed by atoms with Crippen LogP contribution in [0.2, 0.25) is 0 Å². The molecule has 2 heterocycles. The van der Waals surface area contributed by atoms with Crippen molar-refractivity contribution in [2.45, 2.75) is 19.3 Å². The smallest absolute Gasteiger partial charge is 0.306 e. The van der Waals surface area contributed by atoms with Crippen LogP contribution in [0.4, 0.5) is 0 Å². The summed E-state index contributed by atoms with van der Waals surface area (Å²) in [6.07, 6.45) is 3.78. The summed E-state index contributed by atoms with van der Waals surface area (Å²) in [4.78, 5) is 24.6. The molecule has 0 spiro atoms. The van der Waals surface area contributed by atoms with Crippen LogP contribution in [0.3, 0.4) is 0 Å². The quantitative estimate of drug-likeness (QED) is 0.714. The van der Waals surface area contributed by atoms with Gasteiger partial charge in [0, 0.05) is 39.3 Å². The molecule has 1 aromatic heterocycles. The van der Waals surface area contributed by atoms with Gasteiger partial charge in [0.1, 0.15) is 0 Å². The molecule has 21 heavy (non-hydrogen) atoms. The van der Waals surface area contributed by atoms with Gasteiger partial charge in [0.05, 0.1) is 18.2 Å². The first kappa shape index (κ1) is 15.5. The summed E-state index contributed by atoms with van der Waals surface area (Å²) in [5, 5.41) is 16.3. The van der Waals surface area contributed by atoms with Crippen molar-refractivity contribution >= 4 is 11.9 Å². The fraction of sp³-hybridized carbons (Fsp3) is 0.643. The minimum atomic E-state index is -0.754. The highest BCUT2D eigenvalue weighted by atomic mass is 16.4. The number of carboxylic acid groups (broad SMARTS) is 1. The first-order valence-corrected chi connectivity index (χ1v) is 7.26. The van der Waals surface area contributed by atoms with Crippen molar-refractivity contribution in [3.63, 3.8) is 0 Å². The zero-order chi connectivity index (χ0) is 15.2. The zero-order valence-corrected chi connectivity index (χ0v) is 12.3. The van der Waals surface area contributed by atoms with E-state index in [-0.39, 0.29) is 11.8 Å². The Kier molecular flexibility index (Phi) is 5.32. The number of aryl methyl sites for hydroxylation is 1. The Labute approximate surface area is 123 Å². The van der Waals surface area contributed by atoms with Gasteiger partial charge in [0.25, 0.3) is 0 Å². The molecule has 2 rings (SSSR count). The molecule has 116 valence electrons. The number of aliphatic carboxylic acids is 1. The summed E-state index contributed by atoms with van der Waals surface area (Å²) in [5.41, 5.74) is 1.000. The molecule has 1 aromatic rings. The highest BCUT2D eigenvalue weighted by molar-refractivity contribution is 5.78. The third-order valence-corrected chi connectivity index (χ3v) is 3.80. The summed E-state index contributed by atoms with van der Waals surface area (Å²) < 4.78 is 1.76. The minimum Gasteiger partial charge on any atom is -0.481 e. The lowest BCUT2D eigenvalue weighted by atomic mass is 9.97. The third-order valence-electron chi connectivity index (χ3n) is 3.80. The molecule has 1 saturated heterocycles. The maximum absolute atomic E-state index is 12.0. The van der Waals surface area contributed by atoms with Gasteiger partial charge in [-0.3, -0.25) is 14.3 Å². The standard InChI is InChI=1S/C14H22N4O3/c1-17-7-5-12(16-17)2-6-15-10-13(19)18-8-3-11(4-9-18)14(20)21/h5,7,11,15H,2-4,6,8-10H2,1H3,(H,20,21). The van der Waals surface area contributed by atoms with E-state index in [1.165, 1.54) is 0 Å². The van der Waals surface area contributed by atoms with Crippen molar-refractivity contribution in [2.75, 3.05) is 26.2 Å². The van der Waals surface area contributed by atoms with Gasteiger partial charge in [0.2, 0.25) is 5.91 Å². The van der Waals surface area contributed by atoms with Crippen LogP contribution < -0.4 is 5.32 Å². The largest absolute Gasteiger partial charge is 0.481 e. The monoisotopic (exact) mass is 294 g/mol. The van der Waals surface area contributed by atoms with E-state index in [0.29, 0.717) is 39.0 Å². The van der Waals surface area contributed by atoms with Crippen LogP contribution in [0.15, 0.2) is 12.3 Å². The van der Waals surface area contributed by atoms with E-state index < -0.39 is 5.97 Å². The highest BCUT2D eigenvalue weighted by Crippen LogP contribution is 2.17. The lowest BCUT2D eigenvalue weighted by molar-refractivity contribution is -0.145. The van der Waals surface area contributed by atoms with Crippen LogP contribution >= 0.6 is 0 Å². The number of rotatable bonds is 6. The molecule has 0 aliphatic carbocycles. The fourth-order valence-electron chi connectivity index (χ4n) is 2.50. The van der Waals surface area contributed by atoms with Crippen LogP contribution in [0, 0.1) is 5.92 Å². The van der Waals surface area contributed by atoms with E-state index in [1.54, 1.807) is 9.58 Å². The maximum atomic E-state index is 12.0. The second-order valence-corrected chi connectivity index (χ2v) is 5.40. The molecule has 0 saturated carbocycles. The Balaban J connectivity index is 1.63. The number of hydrogen-bond donors (Lipinski definition) is 2. The Bertz CT molecular complexity index is 492. The van der Waals surface area contributed by atoms with Gasteiger partial charge in [-0.15, -0.1) is 0 Å². The number of nitrogens with one attached hydrogen (secondary N) is 1. The van der Waals surface area contributed by atoms with E-state index in [4.69, 9.17) is 5.11 Å². The number of carbonyl (C=O) groups excluding carboxylic acids is 1. The summed E-state index contributed by atoms with van der Waals surface area (Å²) in [7, 11) is 1.88. The SMILES string of the molecule is Cn1ccc(CCNCC(=O)N2CCC(C(=O)O)CC2)n1. The first-order valence-electron chi connectivity index (χ1n) is 7.26. The van der Waals surface area contributed by atoms with E-state index in [9.17, 15) is 9.59 Å². The molecule has 7 heteroatoms. The van der Waals surface area contributed by atoms with E-state index >= 15 is 0 Å². The number of likely N-dealkylation sites (tertiary alicyclic amines) is 1. The van der Waals surface area contributed by atoms with Gasteiger partial charge in [-0.1, -0.05) is 0 Å². The van der Waals surface area contributed by atoms with Crippen molar-refractivity contribution in [3.05, 3.63) is 18.0 Å². The second-order valence-electron chi connectivity index (χ2n) is 5.40. The van der Waals surface area contributed by atoms with Gasteiger partial charge >= 0.3 is 5.97 Å². The molecular weight excluding hydrogens is 272 g/mol. The fourth-order valence-corrected chi connectivity index (χ4v) is 2.50. The van der Waals surface area contributed by atoms with Gasteiger partial charge in [-0.25, -0.2) is 0 Å². The Morgan fingerprint density at radius 1 is 1.43 bits per heavy atom. The molecule has 1 amide bonds. The van der Waals surface area contributed by atoms with Crippen LogP contribution in [0.5, 0.6) is 0 Å². The van der Waals surface area contributed by atoms with Gasteiger partial charge < -0.3 is 15.3 Å². The Morgan fingerprint density at radius 3 is 2.71 bits per heavy atom. The second kappa shape index (κ2) is 7.21. The van der Waals surface area contributed by atoms with Crippen molar-refractivity contribution < 1.29 is 14.7 Å². The highest BCUT2D eigenvalue weighted by Gasteiger charge is 2.26. The first-order chi connectivity index (χ1) is 10.1. The van der Waals surface area contributed by atoms with Crippen molar-refractivity contribution in [2.24, 2.45) is 13.0 Å². The summed E-state index contributed by atoms with van der Waals surface area (Å²) >= 11 is 0. The van der Waals surface area contributed by atoms with Crippen molar-refractivity contribution in [1.82, 2.24) is 20.0 Å². The molecule has 7 nitrogen and oxygen atoms in total. The lowest BCUT2D eigenvalue weighted by Crippen LogP contribution is -2.44. The maximum Gasteiger partial charge on any atom is 0.306 e. The van der Waals surface area contributed by atoms with E-state index in [0.717, 1.165) is 12.1 Å². The molecule has 1 aliphatic rings. The number of hydrogen-bond acceptors (Lipinski definition) is 4. The predicted molar refractivity (Wildman–Crippen MR) is 76.7 cm³/mol. The van der Waals surface area contributed by atoms with Crippen LogP contribution in [0.25, 0.3) is 0 Å². The summed E-state index contributed by atoms with van der Waals surface area (Å²) in [6, 6.07) is 1.96. The van der Waals surface area contributed by atoms with Crippen LogP contribution in [0.1, 0.15) is 18.5 Å². The Hall–Kier alpha value is -1.89. The van der Waals surface area contributed by atoms with Gasteiger partial charge in [-0.05, 0) is 18.9 Å². The molecule has 0 atom stereocenters. The molecule has 0 unspecified atom stereocenters. The normalized spacial score (nSPS) is 16.1. The molecular formula is C14H22N4O3. The average Bonchev–Trinajstić information content (AvgIpc) is 2.89. The molecule has 0 bridgehead atoms. The third kappa shape index (κ3) is 4.56. The summed E-state index contributed by atoms with van der Waals surface area (Å²) in [6.45, 7) is 2.08. The molecule has 1 fully saturated rings. The number of aromatic nitrogens is 2. The summed E-state index contributed by atoms with van der Waals surface area (Å²) in [5.74, 6) is -1.01. The molecule has 1 aliphatic heterocycles. The zero-order valence-electron chi connectivity index (χ0n) is 12.3. The Morgan fingerprint density at radius 2 is 2.14 bits per heavy atom. The minimum absolute atomic E-state index is 0.0415. The number of piperidine rings is 1. The van der Waals surface area contributed by atoms with Crippen molar-refractivity contribution in [1.29, 1.82) is 0 Å². The van der Waals surface area contributed by atoms with Crippen molar-refractivity contribution in [3.8, 4) is 0 Å². The van der Waals surface area contributed by atoms with E-state index in [1.807, 2.05) is 19.3 Å². The number of amides is 1. The number of carboxylic acids is 1. The molecule has 0 radical (unpaired) electrons.